The van der Waals surface area contributed by atoms with Crippen LogP contribution in [0.15, 0.2) is 36.7 Å². The molecule has 30 heavy (non-hydrogen) atoms. The van der Waals surface area contributed by atoms with Crippen LogP contribution in [0.3, 0.4) is 0 Å². The molecule has 1 aromatic heterocycles. The van der Waals surface area contributed by atoms with E-state index in [4.69, 9.17) is 0 Å². The van der Waals surface area contributed by atoms with Crippen molar-refractivity contribution in [2.24, 2.45) is 0 Å². The van der Waals surface area contributed by atoms with Gasteiger partial charge in [-0.15, -0.1) is 0 Å². The number of alkyl halides is 1. The van der Waals surface area contributed by atoms with Gasteiger partial charge in [-0.1, -0.05) is 95.9 Å². The first-order valence-corrected chi connectivity index (χ1v) is 12.3. The maximum atomic E-state index is 14.0. The molecular formula is C27H41FN2. The lowest BCUT2D eigenvalue weighted by Crippen LogP contribution is -2.03. The van der Waals surface area contributed by atoms with Crippen molar-refractivity contribution in [1.82, 2.24) is 9.97 Å². The first-order chi connectivity index (χ1) is 14.7. The highest BCUT2D eigenvalue weighted by atomic mass is 19.1. The molecule has 2 rings (SSSR count). The van der Waals surface area contributed by atoms with Crippen LogP contribution in [0.5, 0.6) is 0 Å². The molecule has 1 aromatic carbocycles. The van der Waals surface area contributed by atoms with Crippen molar-refractivity contribution >= 4 is 0 Å². The number of aryl methyl sites for hydroxylation is 2. The Morgan fingerprint density at radius 2 is 1.27 bits per heavy atom. The van der Waals surface area contributed by atoms with Crippen molar-refractivity contribution in [2.75, 3.05) is 0 Å². The van der Waals surface area contributed by atoms with E-state index in [-0.39, 0.29) is 0 Å². The van der Waals surface area contributed by atoms with Gasteiger partial charge in [-0.05, 0) is 43.2 Å². The van der Waals surface area contributed by atoms with Crippen molar-refractivity contribution in [3.8, 4) is 11.4 Å². The molecule has 0 aliphatic heterocycles. The van der Waals surface area contributed by atoms with Crippen molar-refractivity contribution in [3.05, 3.63) is 47.8 Å². The molecule has 2 aromatic rings. The Balaban J connectivity index is 1.72. The van der Waals surface area contributed by atoms with Crippen LogP contribution in [0.2, 0.25) is 0 Å². The second kappa shape index (κ2) is 15.1. The summed E-state index contributed by atoms with van der Waals surface area (Å²) < 4.78 is 14.0. The largest absolute Gasteiger partial charge is 0.247 e. The van der Waals surface area contributed by atoms with Gasteiger partial charge in [-0.2, -0.15) is 0 Å². The molecule has 1 atom stereocenters. The summed E-state index contributed by atoms with van der Waals surface area (Å²) in [6.45, 7) is 4.44. The van der Waals surface area contributed by atoms with Crippen LogP contribution in [0, 0.1) is 0 Å². The molecule has 0 radical (unpaired) electrons. The minimum absolute atomic E-state index is 0.571. The van der Waals surface area contributed by atoms with Crippen LogP contribution in [-0.2, 0) is 12.8 Å². The number of benzene rings is 1. The zero-order valence-electron chi connectivity index (χ0n) is 19.2. The molecule has 0 spiro atoms. The molecular weight excluding hydrogens is 371 g/mol. The zero-order chi connectivity index (χ0) is 21.4. The lowest BCUT2D eigenvalue weighted by Gasteiger charge is -2.08. The summed E-state index contributed by atoms with van der Waals surface area (Å²) in [4.78, 5) is 9.03. The summed E-state index contributed by atoms with van der Waals surface area (Å²) in [6.07, 6.45) is 18.7. The van der Waals surface area contributed by atoms with E-state index in [1.54, 1.807) is 0 Å². The van der Waals surface area contributed by atoms with E-state index in [1.807, 2.05) is 12.4 Å². The normalized spacial score (nSPS) is 12.2. The summed E-state index contributed by atoms with van der Waals surface area (Å²) in [5, 5.41) is 0. The molecule has 0 bridgehead atoms. The summed E-state index contributed by atoms with van der Waals surface area (Å²) in [5.74, 6) is 0.751. The minimum atomic E-state index is -0.708. The van der Waals surface area contributed by atoms with E-state index < -0.39 is 6.17 Å². The Labute approximate surface area is 183 Å². The highest BCUT2D eigenvalue weighted by molar-refractivity contribution is 5.55. The molecule has 0 N–H and O–H groups in total. The van der Waals surface area contributed by atoms with Crippen molar-refractivity contribution in [1.29, 1.82) is 0 Å². The Kier molecular flexibility index (Phi) is 12.3. The molecule has 3 heteroatoms. The van der Waals surface area contributed by atoms with E-state index in [2.05, 4.69) is 48.1 Å². The Morgan fingerprint density at radius 3 is 1.93 bits per heavy atom. The highest BCUT2D eigenvalue weighted by Gasteiger charge is 2.08. The van der Waals surface area contributed by atoms with Gasteiger partial charge in [0, 0.05) is 18.0 Å². The van der Waals surface area contributed by atoms with Gasteiger partial charge in [0.25, 0.3) is 0 Å². The third-order valence-electron chi connectivity index (χ3n) is 5.85. The maximum absolute atomic E-state index is 14.0. The van der Waals surface area contributed by atoms with Gasteiger partial charge in [0.1, 0.15) is 6.17 Å². The number of halogens is 1. The third kappa shape index (κ3) is 9.82. The number of nitrogens with zero attached hydrogens (tertiary/aromatic N) is 2. The second-order valence-electron chi connectivity index (χ2n) is 8.61. The summed E-state index contributed by atoms with van der Waals surface area (Å²) in [6, 6.07) is 8.64. The van der Waals surface area contributed by atoms with Crippen LogP contribution in [0.1, 0.15) is 102 Å². The maximum Gasteiger partial charge on any atom is 0.159 e. The number of aromatic nitrogens is 2. The van der Waals surface area contributed by atoms with E-state index in [1.165, 1.54) is 56.9 Å². The Morgan fingerprint density at radius 1 is 0.667 bits per heavy atom. The van der Waals surface area contributed by atoms with Crippen LogP contribution in [0.4, 0.5) is 4.39 Å². The van der Waals surface area contributed by atoms with E-state index in [9.17, 15) is 4.39 Å². The standard InChI is InChI=1S/C27H41FN2/c1-3-5-7-9-10-11-13-23-15-18-25(19-16-23)27-29-21-24(22-30-27)17-20-26(28)14-12-8-6-4-2/h15-16,18-19,21-22,26H,3-14,17,20H2,1-2H3. The number of hydrogen-bond acceptors (Lipinski definition) is 2. The van der Waals surface area contributed by atoms with Gasteiger partial charge in [-0.3, -0.25) is 0 Å². The molecule has 0 aliphatic rings. The predicted octanol–water partition coefficient (Wildman–Crippen LogP) is 8.29. The van der Waals surface area contributed by atoms with Crippen molar-refractivity contribution in [3.63, 3.8) is 0 Å². The van der Waals surface area contributed by atoms with Crippen LogP contribution < -0.4 is 0 Å². The third-order valence-corrected chi connectivity index (χ3v) is 5.85. The fraction of sp³-hybridized carbons (Fsp3) is 0.630. The van der Waals surface area contributed by atoms with Gasteiger partial charge in [0.2, 0.25) is 0 Å². The summed E-state index contributed by atoms with van der Waals surface area (Å²) >= 11 is 0. The molecule has 1 unspecified atom stereocenters. The molecule has 0 aliphatic carbocycles. The SMILES string of the molecule is CCCCCCCCc1ccc(-c2ncc(CCC(F)CCCCCC)cn2)cc1. The Hall–Kier alpha value is -1.77. The van der Waals surface area contributed by atoms with Gasteiger partial charge in [0.15, 0.2) is 5.82 Å². The average Bonchev–Trinajstić information content (AvgIpc) is 2.78. The van der Waals surface area contributed by atoms with E-state index in [0.29, 0.717) is 19.3 Å². The number of unbranched alkanes of at least 4 members (excludes halogenated alkanes) is 8. The van der Waals surface area contributed by atoms with E-state index >= 15 is 0 Å². The quantitative estimate of drug-likeness (QED) is 0.259. The van der Waals surface area contributed by atoms with Gasteiger partial charge in [-0.25, -0.2) is 14.4 Å². The van der Waals surface area contributed by atoms with Crippen LogP contribution in [-0.4, -0.2) is 16.1 Å². The highest BCUT2D eigenvalue weighted by Crippen LogP contribution is 2.18. The molecule has 1 heterocycles. The van der Waals surface area contributed by atoms with Gasteiger partial charge >= 0.3 is 0 Å². The monoisotopic (exact) mass is 412 g/mol. The molecule has 0 amide bonds. The average molecular weight is 413 g/mol. The first kappa shape index (κ1) is 24.5. The van der Waals surface area contributed by atoms with Crippen LogP contribution >= 0.6 is 0 Å². The Bertz CT molecular complexity index is 666. The van der Waals surface area contributed by atoms with Crippen molar-refractivity contribution in [2.45, 2.75) is 110 Å². The lowest BCUT2D eigenvalue weighted by atomic mass is 10.0. The minimum Gasteiger partial charge on any atom is -0.247 e. The second-order valence-corrected chi connectivity index (χ2v) is 8.61. The summed E-state index contributed by atoms with van der Waals surface area (Å²) in [7, 11) is 0. The number of hydrogen-bond donors (Lipinski definition) is 0. The fourth-order valence-electron chi connectivity index (χ4n) is 3.82. The molecule has 166 valence electrons. The zero-order valence-corrected chi connectivity index (χ0v) is 19.2. The summed E-state index contributed by atoms with van der Waals surface area (Å²) in [5.41, 5.74) is 3.46. The van der Waals surface area contributed by atoms with E-state index in [0.717, 1.165) is 36.2 Å². The smallest absolute Gasteiger partial charge is 0.159 e. The molecule has 2 nitrogen and oxygen atoms in total. The molecule has 0 saturated heterocycles. The first-order valence-electron chi connectivity index (χ1n) is 12.3. The van der Waals surface area contributed by atoms with Crippen LogP contribution in [0.25, 0.3) is 11.4 Å². The van der Waals surface area contributed by atoms with Gasteiger partial charge < -0.3 is 0 Å². The lowest BCUT2D eigenvalue weighted by molar-refractivity contribution is 0.287. The topological polar surface area (TPSA) is 25.8 Å². The van der Waals surface area contributed by atoms with Gasteiger partial charge in [0.05, 0.1) is 0 Å². The molecule has 0 fully saturated rings. The molecule has 0 saturated carbocycles. The van der Waals surface area contributed by atoms with Crippen molar-refractivity contribution < 1.29 is 4.39 Å². The predicted molar refractivity (Wildman–Crippen MR) is 127 cm³/mol. The number of rotatable bonds is 16. The fourth-order valence-corrected chi connectivity index (χ4v) is 3.82.